The summed E-state index contributed by atoms with van der Waals surface area (Å²) in [7, 11) is -7.45. The molecule has 10 heteroatoms. The van der Waals surface area contributed by atoms with Crippen LogP contribution in [0.2, 0.25) is 0 Å². The third-order valence-corrected chi connectivity index (χ3v) is 9.88. The van der Waals surface area contributed by atoms with Crippen molar-refractivity contribution in [2.75, 3.05) is 26.3 Å². The first kappa shape index (κ1) is 28.7. The van der Waals surface area contributed by atoms with Crippen molar-refractivity contribution in [1.29, 1.82) is 0 Å². The van der Waals surface area contributed by atoms with E-state index in [9.17, 15) is 16.8 Å². The largest absolute Gasteiger partial charge is 0.396 e. The van der Waals surface area contributed by atoms with Crippen molar-refractivity contribution in [2.45, 2.75) is 74.2 Å². The number of aliphatic hydroxyl groups excluding tert-OH is 1. The molecule has 0 spiro atoms. The van der Waals surface area contributed by atoms with Crippen LogP contribution in [0.1, 0.15) is 49.7 Å². The summed E-state index contributed by atoms with van der Waals surface area (Å²) < 4.78 is 57.1. The van der Waals surface area contributed by atoms with Gasteiger partial charge in [0.05, 0.1) is 16.4 Å². The topological polar surface area (TPSA) is 113 Å². The highest BCUT2D eigenvalue weighted by Crippen LogP contribution is 2.28. The van der Waals surface area contributed by atoms with Crippen molar-refractivity contribution in [3.8, 4) is 0 Å². The van der Waals surface area contributed by atoms with E-state index in [0.29, 0.717) is 32.0 Å². The van der Waals surface area contributed by atoms with Gasteiger partial charge in [-0.1, -0.05) is 35.4 Å². The van der Waals surface area contributed by atoms with Crippen LogP contribution in [0.4, 0.5) is 0 Å². The lowest BCUT2D eigenvalue weighted by molar-refractivity contribution is 0.267. The minimum Gasteiger partial charge on any atom is -0.396 e. The van der Waals surface area contributed by atoms with Crippen LogP contribution in [0, 0.1) is 13.8 Å². The molecule has 2 atom stereocenters. The molecule has 0 aromatic heterocycles. The summed E-state index contributed by atoms with van der Waals surface area (Å²) in [5.74, 6) is 0. The average Bonchev–Trinajstić information content (AvgIpc) is 3.53. The molecular formula is C26H38N2O6S2. The minimum absolute atomic E-state index is 0.0548. The Hall–Kier alpha value is -1.82. The van der Waals surface area contributed by atoms with Gasteiger partial charge >= 0.3 is 0 Å². The fourth-order valence-corrected chi connectivity index (χ4v) is 7.13. The molecule has 2 aromatic carbocycles. The molecule has 2 aliphatic heterocycles. The Bertz CT molecular complexity index is 1160. The van der Waals surface area contributed by atoms with E-state index in [2.05, 4.69) is 5.32 Å². The van der Waals surface area contributed by atoms with E-state index in [1.54, 1.807) is 36.4 Å². The van der Waals surface area contributed by atoms with Crippen molar-refractivity contribution in [1.82, 2.24) is 9.62 Å². The summed E-state index contributed by atoms with van der Waals surface area (Å²) in [5.41, 5.74) is 1.95. The molecule has 2 fully saturated rings. The Labute approximate surface area is 215 Å². The van der Waals surface area contributed by atoms with Gasteiger partial charge in [-0.25, -0.2) is 8.42 Å². The Morgan fingerprint density at radius 2 is 1.50 bits per heavy atom. The number of benzene rings is 2. The lowest BCUT2D eigenvalue weighted by atomic mass is 10.2. The highest BCUT2D eigenvalue weighted by Gasteiger charge is 2.35. The van der Waals surface area contributed by atoms with E-state index in [-0.39, 0.29) is 22.4 Å². The molecular weight excluding hydrogens is 500 g/mol. The van der Waals surface area contributed by atoms with Crippen LogP contribution in [0.5, 0.6) is 0 Å². The van der Waals surface area contributed by atoms with Gasteiger partial charge in [0.15, 0.2) is 0 Å². The van der Waals surface area contributed by atoms with E-state index in [4.69, 9.17) is 9.29 Å². The summed E-state index contributed by atoms with van der Waals surface area (Å²) in [6, 6.07) is 13.6. The van der Waals surface area contributed by atoms with Gasteiger partial charge in [0, 0.05) is 25.2 Å². The molecule has 2 aliphatic rings. The molecule has 2 N–H and O–H groups in total. The number of aliphatic hydroxyl groups is 1. The van der Waals surface area contributed by atoms with Crippen molar-refractivity contribution >= 4 is 20.1 Å². The van der Waals surface area contributed by atoms with E-state index < -0.39 is 20.1 Å². The smallest absolute Gasteiger partial charge is 0.296 e. The molecule has 0 saturated carbocycles. The number of hydrogen-bond donors (Lipinski definition) is 2. The van der Waals surface area contributed by atoms with Gasteiger partial charge in [0.1, 0.15) is 0 Å². The number of aryl methyl sites for hydroxylation is 2. The molecule has 200 valence electrons. The highest BCUT2D eigenvalue weighted by molar-refractivity contribution is 7.89. The van der Waals surface area contributed by atoms with E-state index >= 15 is 0 Å². The molecule has 0 radical (unpaired) electrons. The zero-order valence-corrected chi connectivity index (χ0v) is 22.7. The third kappa shape index (κ3) is 7.84. The van der Waals surface area contributed by atoms with Crippen molar-refractivity contribution in [3.05, 3.63) is 59.7 Å². The summed E-state index contributed by atoms with van der Waals surface area (Å²) in [6.45, 7) is 5.63. The van der Waals surface area contributed by atoms with Crippen molar-refractivity contribution in [2.24, 2.45) is 0 Å². The second-order valence-corrected chi connectivity index (χ2v) is 12.9. The first-order chi connectivity index (χ1) is 17.1. The first-order valence-electron chi connectivity index (χ1n) is 12.5. The van der Waals surface area contributed by atoms with Crippen LogP contribution in [-0.4, -0.2) is 64.6 Å². The number of rotatable bonds is 9. The molecule has 0 amide bonds. The molecule has 4 rings (SSSR count). The molecule has 36 heavy (non-hydrogen) atoms. The van der Waals surface area contributed by atoms with Crippen LogP contribution in [0.25, 0.3) is 0 Å². The van der Waals surface area contributed by atoms with Crippen LogP contribution in [0.15, 0.2) is 58.3 Å². The Morgan fingerprint density at radius 3 is 2.06 bits per heavy atom. The summed E-state index contributed by atoms with van der Waals surface area (Å²) in [5, 5.41) is 11.8. The molecule has 0 unspecified atom stereocenters. The van der Waals surface area contributed by atoms with Gasteiger partial charge in [-0.2, -0.15) is 12.7 Å². The fourth-order valence-electron chi connectivity index (χ4n) is 4.49. The van der Waals surface area contributed by atoms with Gasteiger partial charge in [-0.05, 0) is 83.2 Å². The molecule has 2 heterocycles. The van der Waals surface area contributed by atoms with E-state index in [1.165, 1.54) is 29.3 Å². The maximum atomic E-state index is 12.9. The van der Waals surface area contributed by atoms with E-state index in [0.717, 1.165) is 30.5 Å². The monoisotopic (exact) mass is 538 g/mol. The molecule has 2 saturated heterocycles. The second kappa shape index (κ2) is 13.1. The lowest BCUT2D eigenvalue weighted by Crippen LogP contribution is -2.36. The van der Waals surface area contributed by atoms with Gasteiger partial charge in [0.2, 0.25) is 10.0 Å². The number of nitrogens with one attached hydrogen (secondary N) is 1. The number of hydrogen-bond acceptors (Lipinski definition) is 7. The zero-order valence-electron chi connectivity index (χ0n) is 21.1. The quantitative estimate of drug-likeness (QED) is 0.471. The number of sulfonamides is 1. The summed E-state index contributed by atoms with van der Waals surface area (Å²) in [6.07, 6.45) is 5.24. The highest BCUT2D eigenvalue weighted by atomic mass is 32.2. The second-order valence-electron chi connectivity index (χ2n) is 9.41. The molecule has 0 bridgehead atoms. The van der Waals surface area contributed by atoms with Gasteiger partial charge < -0.3 is 10.4 Å². The van der Waals surface area contributed by atoms with Crippen LogP contribution >= 0.6 is 0 Å². The van der Waals surface area contributed by atoms with Gasteiger partial charge in [0.25, 0.3) is 10.1 Å². The molecule has 0 aliphatic carbocycles. The van der Waals surface area contributed by atoms with Crippen molar-refractivity contribution < 1.29 is 26.1 Å². The van der Waals surface area contributed by atoms with Crippen LogP contribution in [-0.2, 0) is 24.3 Å². The maximum Gasteiger partial charge on any atom is 0.296 e. The standard InChI is InChI=1S/C20H25NO5S2.C6H13NO/c1-16-5-9-19(10-6-16)27(22,23)21-14-3-4-18(21)13-15-26-28(24,25)20-11-7-17(2)8-12-20;8-5-3-6-2-1-4-7-6/h5-12,18H,3-4,13-15H2,1-2H3;6-8H,1-5H2/t18-;6-/m00/s1. The summed E-state index contributed by atoms with van der Waals surface area (Å²) >= 11 is 0. The predicted molar refractivity (Wildman–Crippen MR) is 140 cm³/mol. The lowest BCUT2D eigenvalue weighted by Gasteiger charge is -2.24. The third-order valence-electron chi connectivity index (χ3n) is 6.59. The molecule has 8 nitrogen and oxygen atoms in total. The first-order valence-corrected chi connectivity index (χ1v) is 15.4. The van der Waals surface area contributed by atoms with Gasteiger partial charge in [-0.3, -0.25) is 4.18 Å². The average molecular weight is 539 g/mol. The van der Waals surface area contributed by atoms with Crippen molar-refractivity contribution in [3.63, 3.8) is 0 Å². The fraction of sp³-hybridized carbons (Fsp3) is 0.538. The normalized spacial score (nSPS) is 20.8. The zero-order chi connectivity index (χ0) is 26.2. The van der Waals surface area contributed by atoms with Crippen LogP contribution < -0.4 is 5.32 Å². The Morgan fingerprint density at radius 1 is 0.889 bits per heavy atom. The maximum absolute atomic E-state index is 12.9. The SMILES string of the molecule is Cc1ccc(S(=O)(=O)OCC[C@@H]2CCCN2S(=O)(=O)c2ccc(C)cc2)cc1.OCC[C@@H]1CCCN1. The summed E-state index contributed by atoms with van der Waals surface area (Å²) in [4.78, 5) is 0.367. The Balaban J connectivity index is 0.000000383. The number of nitrogens with zero attached hydrogens (tertiary/aromatic N) is 1. The Kier molecular flexibility index (Phi) is 10.5. The minimum atomic E-state index is -3.85. The van der Waals surface area contributed by atoms with Crippen LogP contribution in [0.3, 0.4) is 0 Å². The van der Waals surface area contributed by atoms with E-state index in [1.807, 2.05) is 13.8 Å². The predicted octanol–water partition coefficient (Wildman–Crippen LogP) is 3.37. The molecule has 2 aromatic rings. The van der Waals surface area contributed by atoms with Gasteiger partial charge in [-0.15, -0.1) is 0 Å².